The minimum Gasteiger partial charge on any atom is -0.356 e. The summed E-state index contributed by atoms with van der Waals surface area (Å²) >= 11 is 0. The molecule has 1 fully saturated rings. The van der Waals surface area contributed by atoms with Crippen molar-refractivity contribution in [3.05, 3.63) is 0 Å². The minimum absolute atomic E-state index is 0.0933. The molecule has 110 valence electrons. The average Bonchev–Trinajstić information content (AvgIpc) is 2.43. The van der Waals surface area contributed by atoms with E-state index in [2.05, 4.69) is 22.5 Å². The fourth-order valence-corrected chi connectivity index (χ4v) is 2.27. The monoisotopic (exact) mass is 269 g/mol. The number of carbonyl (C=O) groups excluding carboxylic acids is 2. The number of nitrogens with zero attached hydrogens (tertiary/aromatic N) is 1. The summed E-state index contributed by atoms with van der Waals surface area (Å²) in [6.07, 6.45) is 3.65. The first-order valence-corrected chi connectivity index (χ1v) is 7.44. The third kappa shape index (κ3) is 6.05. The van der Waals surface area contributed by atoms with Gasteiger partial charge >= 0.3 is 0 Å². The summed E-state index contributed by atoms with van der Waals surface area (Å²) in [7, 11) is 0. The molecule has 0 aromatic rings. The lowest BCUT2D eigenvalue weighted by atomic mass is 9.96. The molecule has 2 amide bonds. The number of likely N-dealkylation sites (tertiary alicyclic amines) is 1. The van der Waals surface area contributed by atoms with Crippen LogP contribution in [0.2, 0.25) is 0 Å². The zero-order valence-corrected chi connectivity index (χ0v) is 12.2. The van der Waals surface area contributed by atoms with Gasteiger partial charge in [0.05, 0.1) is 6.54 Å². The zero-order valence-electron chi connectivity index (χ0n) is 12.2. The lowest BCUT2D eigenvalue weighted by Crippen LogP contribution is -2.44. The van der Waals surface area contributed by atoms with Gasteiger partial charge < -0.3 is 10.6 Å². The van der Waals surface area contributed by atoms with Crippen molar-refractivity contribution in [3.8, 4) is 0 Å². The molecule has 1 heterocycles. The van der Waals surface area contributed by atoms with Gasteiger partial charge in [-0.25, -0.2) is 0 Å². The topological polar surface area (TPSA) is 61.4 Å². The Hall–Kier alpha value is -1.10. The number of nitrogens with one attached hydrogen (secondary N) is 2. The summed E-state index contributed by atoms with van der Waals surface area (Å²) < 4.78 is 0. The minimum atomic E-state index is 0.0933. The van der Waals surface area contributed by atoms with Crippen LogP contribution in [-0.2, 0) is 9.59 Å². The van der Waals surface area contributed by atoms with Gasteiger partial charge in [0.1, 0.15) is 0 Å². The van der Waals surface area contributed by atoms with Gasteiger partial charge in [0.15, 0.2) is 0 Å². The molecule has 1 aliphatic rings. The second-order valence-corrected chi connectivity index (χ2v) is 5.19. The maximum atomic E-state index is 11.8. The molecular formula is C14H27N3O2. The van der Waals surface area contributed by atoms with Crippen molar-refractivity contribution < 1.29 is 9.59 Å². The van der Waals surface area contributed by atoms with E-state index in [9.17, 15) is 9.59 Å². The highest BCUT2D eigenvalue weighted by Gasteiger charge is 2.25. The van der Waals surface area contributed by atoms with Crippen molar-refractivity contribution in [2.24, 2.45) is 5.92 Å². The molecule has 0 atom stereocenters. The lowest BCUT2D eigenvalue weighted by Gasteiger charge is -2.30. The highest BCUT2D eigenvalue weighted by Crippen LogP contribution is 2.16. The summed E-state index contributed by atoms with van der Waals surface area (Å²) in [5, 5.41) is 5.83. The van der Waals surface area contributed by atoms with Gasteiger partial charge in [0, 0.05) is 19.0 Å². The molecule has 0 radical (unpaired) electrons. The predicted octanol–water partition coefficient (Wildman–Crippen LogP) is 0.751. The Bertz CT molecular complexity index is 286. The molecular weight excluding hydrogens is 242 g/mol. The van der Waals surface area contributed by atoms with Gasteiger partial charge in [-0.05, 0) is 38.8 Å². The van der Waals surface area contributed by atoms with Crippen molar-refractivity contribution in [2.45, 2.75) is 39.5 Å². The van der Waals surface area contributed by atoms with E-state index in [1.807, 2.05) is 6.92 Å². The van der Waals surface area contributed by atoms with E-state index in [0.717, 1.165) is 51.9 Å². The Balaban J connectivity index is 2.21. The molecule has 0 aromatic heterocycles. The second-order valence-electron chi connectivity index (χ2n) is 5.19. The van der Waals surface area contributed by atoms with E-state index in [1.165, 1.54) is 0 Å². The van der Waals surface area contributed by atoms with Crippen molar-refractivity contribution >= 4 is 11.8 Å². The molecule has 1 aliphatic heterocycles. The average molecular weight is 269 g/mol. The number of hydrogen-bond acceptors (Lipinski definition) is 3. The van der Waals surface area contributed by atoms with Crippen LogP contribution in [0.15, 0.2) is 0 Å². The van der Waals surface area contributed by atoms with Crippen LogP contribution in [0, 0.1) is 5.92 Å². The first kappa shape index (κ1) is 16.0. The number of hydrogen-bond donors (Lipinski definition) is 2. The van der Waals surface area contributed by atoms with Crippen molar-refractivity contribution in [3.63, 3.8) is 0 Å². The van der Waals surface area contributed by atoms with E-state index in [4.69, 9.17) is 0 Å². The molecule has 0 saturated carbocycles. The summed E-state index contributed by atoms with van der Waals surface area (Å²) in [5.74, 6) is 0.397. The summed E-state index contributed by atoms with van der Waals surface area (Å²) in [6.45, 7) is 7.74. The normalized spacial score (nSPS) is 17.2. The molecule has 1 rings (SSSR count). The maximum Gasteiger partial charge on any atom is 0.234 e. The molecule has 5 heteroatoms. The predicted molar refractivity (Wildman–Crippen MR) is 75.8 cm³/mol. The van der Waals surface area contributed by atoms with Crippen LogP contribution in [0.3, 0.4) is 0 Å². The lowest BCUT2D eigenvalue weighted by molar-refractivity contribution is -0.126. The molecule has 0 aliphatic carbocycles. The molecule has 0 unspecified atom stereocenters. The fraction of sp³-hybridized carbons (Fsp3) is 0.857. The van der Waals surface area contributed by atoms with Gasteiger partial charge in [0.2, 0.25) is 11.8 Å². The number of piperidine rings is 1. The Morgan fingerprint density at radius 3 is 2.21 bits per heavy atom. The van der Waals surface area contributed by atoms with Crippen LogP contribution in [0.1, 0.15) is 39.5 Å². The van der Waals surface area contributed by atoms with Gasteiger partial charge in [0.25, 0.3) is 0 Å². The molecule has 0 bridgehead atoms. The summed E-state index contributed by atoms with van der Waals surface area (Å²) in [6, 6.07) is 0. The van der Waals surface area contributed by atoms with E-state index in [0.29, 0.717) is 6.54 Å². The van der Waals surface area contributed by atoms with Gasteiger partial charge in [-0.15, -0.1) is 0 Å². The third-order valence-electron chi connectivity index (χ3n) is 3.45. The molecule has 1 saturated heterocycles. The number of amides is 2. The summed E-state index contributed by atoms with van der Waals surface area (Å²) in [4.78, 5) is 25.5. The van der Waals surface area contributed by atoms with Gasteiger partial charge in [-0.1, -0.05) is 13.8 Å². The van der Waals surface area contributed by atoms with E-state index < -0.39 is 0 Å². The first-order valence-electron chi connectivity index (χ1n) is 7.44. The molecule has 5 nitrogen and oxygen atoms in total. The standard InChI is InChI=1S/C14H27N3O2/c1-3-7-15-13(18)11-17-9-5-12(6-10-17)14(19)16-8-4-2/h12H,3-11H2,1-2H3,(H,15,18)(H,16,19). The van der Waals surface area contributed by atoms with Crippen LogP contribution in [0.4, 0.5) is 0 Å². The van der Waals surface area contributed by atoms with E-state index in [1.54, 1.807) is 0 Å². The largest absolute Gasteiger partial charge is 0.356 e. The zero-order chi connectivity index (χ0) is 14.1. The Morgan fingerprint density at radius 1 is 1.05 bits per heavy atom. The van der Waals surface area contributed by atoms with Gasteiger partial charge in [-0.2, -0.15) is 0 Å². The highest BCUT2D eigenvalue weighted by atomic mass is 16.2. The molecule has 0 aromatic carbocycles. The van der Waals surface area contributed by atoms with Crippen LogP contribution in [-0.4, -0.2) is 49.4 Å². The fourth-order valence-electron chi connectivity index (χ4n) is 2.27. The van der Waals surface area contributed by atoms with Crippen LogP contribution in [0.25, 0.3) is 0 Å². The van der Waals surface area contributed by atoms with Crippen molar-refractivity contribution in [2.75, 3.05) is 32.7 Å². The second kappa shape index (κ2) is 8.91. The molecule has 2 N–H and O–H groups in total. The van der Waals surface area contributed by atoms with Crippen molar-refractivity contribution in [1.82, 2.24) is 15.5 Å². The van der Waals surface area contributed by atoms with E-state index >= 15 is 0 Å². The van der Waals surface area contributed by atoms with Crippen LogP contribution >= 0.6 is 0 Å². The van der Waals surface area contributed by atoms with Crippen molar-refractivity contribution in [1.29, 1.82) is 0 Å². The maximum absolute atomic E-state index is 11.8. The van der Waals surface area contributed by atoms with Crippen LogP contribution < -0.4 is 10.6 Å². The Labute approximate surface area is 116 Å². The number of carbonyl (C=O) groups is 2. The SMILES string of the molecule is CCCNC(=O)CN1CCC(C(=O)NCCC)CC1. The summed E-state index contributed by atoms with van der Waals surface area (Å²) in [5.41, 5.74) is 0. The van der Waals surface area contributed by atoms with E-state index in [-0.39, 0.29) is 17.7 Å². The molecule has 19 heavy (non-hydrogen) atoms. The Kier molecular flexibility index (Phi) is 7.48. The number of rotatable bonds is 7. The van der Waals surface area contributed by atoms with Crippen LogP contribution in [0.5, 0.6) is 0 Å². The smallest absolute Gasteiger partial charge is 0.234 e. The van der Waals surface area contributed by atoms with Gasteiger partial charge in [-0.3, -0.25) is 14.5 Å². The quantitative estimate of drug-likeness (QED) is 0.717. The Morgan fingerprint density at radius 2 is 1.63 bits per heavy atom. The highest BCUT2D eigenvalue weighted by molar-refractivity contribution is 5.79. The third-order valence-corrected chi connectivity index (χ3v) is 3.45. The first-order chi connectivity index (χ1) is 9.17. The molecule has 0 spiro atoms.